The number of rotatable bonds is 7. The lowest BCUT2D eigenvalue weighted by Crippen LogP contribution is -2.37. The average molecular weight is 234 g/mol. The fourth-order valence-electron chi connectivity index (χ4n) is 1.96. The SMILES string of the molecule is CCNCC(C)NCCc1cc(C)ccc1C. The van der Waals surface area contributed by atoms with Crippen molar-refractivity contribution in [2.45, 2.75) is 40.2 Å². The van der Waals surface area contributed by atoms with E-state index in [4.69, 9.17) is 0 Å². The van der Waals surface area contributed by atoms with E-state index in [1.807, 2.05) is 0 Å². The Kier molecular flexibility index (Phi) is 6.23. The van der Waals surface area contributed by atoms with E-state index in [1.54, 1.807) is 0 Å². The van der Waals surface area contributed by atoms with Gasteiger partial charge in [0, 0.05) is 12.6 Å². The molecule has 2 heteroatoms. The summed E-state index contributed by atoms with van der Waals surface area (Å²) in [5, 5.41) is 6.90. The van der Waals surface area contributed by atoms with Gasteiger partial charge < -0.3 is 10.6 Å². The van der Waals surface area contributed by atoms with Crippen LogP contribution in [0.25, 0.3) is 0 Å². The van der Waals surface area contributed by atoms with Crippen molar-refractivity contribution in [2.75, 3.05) is 19.6 Å². The lowest BCUT2D eigenvalue weighted by Gasteiger charge is -2.14. The molecule has 0 radical (unpaired) electrons. The van der Waals surface area contributed by atoms with Crippen molar-refractivity contribution in [3.63, 3.8) is 0 Å². The first kappa shape index (κ1) is 14.2. The van der Waals surface area contributed by atoms with Gasteiger partial charge in [-0.15, -0.1) is 0 Å². The first-order valence-corrected chi connectivity index (χ1v) is 6.63. The van der Waals surface area contributed by atoms with E-state index in [1.165, 1.54) is 16.7 Å². The van der Waals surface area contributed by atoms with Crippen molar-refractivity contribution in [2.24, 2.45) is 0 Å². The Morgan fingerprint density at radius 3 is 2.71 bits per heavy atom. The van der Waals surface area contributed by atoms with Crippen LogP contribution >= 0.6 is 0 Å². The molecule has 0 aliphatic carbocycles. The van der Waals surface area contributed by atoms with Crippen LogP contribution in [0.1, 0.15) is 30.5 Å². The average Bonchev–Trinajstić information content (AvgIpc) is 2.31. The van der Waals surface area contributed by atoms with Gasteiger partial charge in [-0.1, -0.05) is 30.7 Å². The Balaban J connectivity index is 2.32. The van der Waals surface area contributed by atoms with Crippen LogP contribution in [0.2, 0.25) is 0 Å². The van der Waals surface area contributed by atoms with Crippen LogP contribution in [0.4, 0.5) is 0 Å². The highest BCUT2D eigenvalue weighted by Gasteiger charge is 2.02. The maximum atomic E-state index is 3.55. The Hall–Kier alpha value is -0.860. The number of benzene rings is 1. The molecule has 1 unspecified atom stereocenters. The van der Waals surface area contributed by atoms with E-state index in [0.29, 0.717) is 6.04 Å². The highest BCUT2D eigenvalue weighted by Crippen LogP contribution is 2.10. The molecule has 0 amide bonds. The number of hydrogen-bond donors (Lipinski definition) is 2. The zero-order valence-corrected chi connectivity index (χ0v) is 11.6. The quantitative estimate of drug-likeness (QED) is 0.757. The third-order valence-electron chi connectivity index (χ3n) is 3.09. The summed E-state index contributed by atoms with van der Waals surface area (Å²) in [6.45, 7) is 11.9. The van der Waals surface area contributed by atoms with Crippen molar-refractivity contribution >= 4 is 0 Å². The molecule has 0 aromatic heterocycles. The molecule has 0 aliphatic heterocycles. The fourth-order valence-corrected chi connectivity index (χ4v) is 1.96. The molecule has 0 spiro atoms. The molecule has 1 atom stereocenters. The van der Waals surface area contributed by atoms with Crippen LogP contribution in [-0.2, 0) is 6.42 Å². The van der Waals surface area contributed by atoms with E-state index in [2.05, 4.69) is 56.5 Å². The normalized spacial score (nSPS) is 12.7. The second-order valence-electron chi connectivity index (χ2n) is 4.84. The minimum Gasteiger partial charge on any atom is -0.315 e. The van der Waals surface area contributed by atoms with Gasteiger partial charge in [0.2, 0.25) is 0 Å². The molecule has 2 N–H and O–H groups in total. The molecule has 0 saturated carbocycles. The van der Waals surface area contributed by atoms with Gasteiger partial charge in [0.25, 0.3) is 0 Å². The van der Waals surface area contributed by atoms with Crippen LogP contribution in [0.5, 0.6) is 0 Å². The van der Waals surface area contributed by atoms with Crippen molar-refractivity contribution in [1.29, 1.82) is 0 Å². The summed E-state index contributed by atoms with van der Waals surface area (Å²) in [4.78, 5) is 0. The Labute approximate surface area is 106 Å². The van der Waals surface area contributed by atoms with Crippen molar-refractivity contribution in [3.05, 3.63) is 34.9 Å². The molecular weight excluding hydrogens is 208 g/mol. The van der Waals surface area contributed by atoms with Crippen molar-refractivity contribution < 1.29 is 0 Å². The third kappa shape index (κ3) is 5.33. The van der Waals surface area contributed by atoms with E-state index in [9.17, 15) is 0 Å². The van der Waals surface area contributed by atoms with Gasteiger partial charge in [-0.25, -0.2) is 0 Å². The molecule has 0 saturated heterocycles. The summed E-state index contributed by atoms with van der Waals surface area (Å²) in [6.07, 6.45) is 1.12. The maximum absolute atomic E-state index is 3.55. The standard InChI is InChI=1S/C15H26N2/c1-5-16-11-14(4)17-9-8-15-10-12(2)6-7-13(15)3/h6-7,10,14,16-17H,5,8-9,11H2,1-4H3. The van der Waals surface area contributed by atoms with Crippen molar-refractivity contribution in [1.82, 2.24) is 10.6 Å². The summed E-state index contributed by atoms with van der Waals surface area (Å²) in [6, 6.07) is 7.23. The van der Waals surface area contributed by atoms with Crippen LogP contribution in [0, 0.1) is 13.8 Å². The first-order valence-electron chi connectivity index (χ1n) is 6.63. The zero-order chi connectivity index (χ0) is 12.7. The second-order valence-corrected chi connectivity index (χ2v) is 4.84. The molecule has 1 aromatic carbocycles. The predicted octanol–water partition coefficient (Wildman–Crippen LogP) is 2.43. The summed E-state index contributed by atoms with van der Waals surface area (Å²) in [7, 11) is 0. The van der Waals surface area contributed by atoms with Gasteiger partial charge in [0.1, 0.15) is 0 Å². The highest BCUT2D eigenvalue weighted by molar-refractivity contribution is 5.30. The predicted molar refractivity (Wildman–Crippen MR) is 75.6 cm³/mol. The van der Waals surface area contributed by atoms with E-state index in [-0.39, 0.29) is 0 Å². The van der Waals surface area contributed by atoms with E-state index < -0.39 is 0 Å². The van der Waals surface area contributed by atoms with Gasteiger partial charge in [0.15, 0.2) is 0 Å². The first-order chi connectivity index (χ1) is 8.13. The topological polar surface area (TPSA) is 24.1 Å². The molecule has 17 heavy (non-hydrogen) atoms. The van der Waals surface area contributed by atoms with Gasteiger partial charge in [0.05, 0.1) is 0 Å². The lowest BCUT2D eigenvalue weighted by molar-refractivity contribution is 0.512. The van der Waals surface area contributed by atoms with Gasteiger partial charge in [-0.05, 0) is 51.4 Å². The molecule has 0 heterocycles. The fraction of sp³-hybridized carbons (Fsp3) is 0.600. The minimum atomic E-state index is 0.542. The molecule has 0 fully saturated rings. The zero-order valence-electron chi connectivity index (χ0n) is 11.6. The van der Waals surface area contributed by atoms with Gasteiger partial charge >= 0.3 is 0 Å². The van der Waals surface area contributed by atoms with Crippen LogP contribution in [-0.4, -0.2) is 25.7 Å². The minimum absolute atomic E-state index is 0.542. The molecule has 2 nitrogen and oxygen atoms in total. The van der Waals surface area contributed by atoms with Gasteiger partial charge in [-0.3, -0.25) is 0 Å². The smallest absolute Gasteiger partial charge is 0.0164 e. The van der Waals surface area contributed by atoms with Crippen LogP contribution in [0.15, 0.2) is 18.2 Å². The lowest BCUT2D eigenvalue weighted by atomic mass is 10.0. The Bertz CT molecular complexity index is 334. The Morgan fingerprint density at radius 1 is 1.24 bits per heavy atom. The highest BCUT2D eigenvalue weighted by atomic mass is 15.0. The molecule has 1 aromatic rings. The number of hydrogen-bond acceptors (Lipinski definition) is 2. The van der Waals surface area contributed by atoms with Crippen LogP contribution < -0.4 is 10.6 Å². The van der Waals surface area contributed by atoms with Crippen LogP contribution in [0.3, 0.4) is 0 Å². The molecule has 0 aliphatic rings. The van der Waals surface area contributed by atoms with Gasteiger partial charge in [-0.2, -0.15) is 0 Å². The third-order valence-corrected chi connectivity index (χ3v) is 3.09. The van der Waals surface area contributed by atoms with E-state index >= 15 is 0 Å². The molecular formula is C15H26N2. The molecule has 0 bridgehead atoms. The van der Waals surface area contributed by atoms with Crippen molar-refractivity contribution in [3.8, 4) is 0 Å². The molecule has 96 valence electrons. The summed E-state index contributed by atoms with van der Waals surface area (Å²) in [5.41, 5.74) is 4.22. The number of nitrogens with one attached hydrogen (secondary N) is 2. The monoisotopic (exact) mass is 234 g/mol. The molecule has 1 rings (SSSR count). The largest absolute Gasteiger partial charge is 0.315 e. The number of likely N-dealkylation sites (N-methyl/N-ethyl adjacent to an activating group) is 1. The summed E-state index contributed by atoms with van der Waals surface area (Å²) < 4.78 is 0. The maximum Gasteiger partial charge on any atom is 0.0164 e. The summed E-state index contributed by atoms with van der Waals surface area (Å²) >= 11 is 0. The Morgan fingerprint density at radius 2 is 2.00 bits per heavy atom. The van der Waals surface area contributed by atoms with E-state index in [0.717, 1.165) is 26.1 Å². The number of aryl methyl sites for hydroxylation is 2. The summed E-state index contributed by atoms with van der Waals surface area (Å²) in [5.74, 6) is 0. The second kappa shape index (κ2) is 7.46.